The second-order valence-corrected chi connectivity index (χ2v) is 29.6. The maximum Gasteiger partial charge on any atom is 0.373 e. The fourth-order valence-corrected chi connectivity index (χ4v) is 14.9. The van der Waals surface area contributed by atoms with Crippen LogP contribution >= 0.6 is 0 Å². The van der Waals surface area contributed by atoms with Crippen LogP contribution in [0.2, 0.25) is 0 Å². The topological polar surface area (TPSA) is 736 Å². The lowest BCUT2D eigenvalue weighted by Crippen LogP contribution is -2.69. The van der Waals surface area contributed by atoms with Crippen LogP contribution in [0.15, 0.2) is 30.3 Å². The molecule has 0 aromatic heterocycles. The lowest BCUT2D eigenvalue weighted by atomic mass is 9.83. The number of benzene rings is 1. The lowest BCUT2D eigenvalue weighted by Gasteiger charge is -2.50. The fourth-order valence-electron chi connectivity index (χ4n) is 14.9. The second kappa shape index (κ2) is 43.8. The molecule has 46 heteroatoms. The van der Waals surface area contributed by atoms with Crippen molar-refractivity contribution < 1.29 is 213 Å². The Balaban J connectivity index is 0.000000309. The zero-order chi connectivity index (χ0) is 85.6. The molecule has 27 N–H and O–H groups in total. The highest BCUT2D eigenvalue weighted by molar-refractivity contribution is 5.73. The van der Waals surface area contributed by atoms with Crippen LogP contribution in [0.25, 0.3) is 0 Å². The van der Waals surface area contributed by atoms with Crippen LogP contribution in [0.1, 0.15) is 59.9 Å². The Morgan fingerprint density at radius 3 is 1.22 bits per heavy atom. The minimum atomic E-state index is -2.21. The molecule has 0 radical (unpaired) electrons. The first-order valence-corrected chi connectivity index (χ1v) is 37.2. The number of carbonyl (C=O) groups excluding carboxylic acids is 5. The van der Waals surface area contributed by atoms with E-state index < -0.39 is 327 Å². The van der Waals surface area contributed by atoms with Gasteiger partial charge in [-0.15, -0.1) is 0 Å². The minimum absolute atomic E-state index is 0.0225. The first kappa shape index (κ1) is 97.6. The summed E-state index contributed by atoms with van der Waals surface area (Å²) in [5, 5.41) is 260. The van der Waals surface area contributed by atoms with E-state index in [4.69, 9.17) is 75.9 Å². The second-order valence-electron chi connectivity index (χ2n) is 29.6. The first-order chi connectivity index (χ1) is 54.3. The molecule has 0 saturated carbocycles. The Labute approximate surface area is 656 Å². The van der Waals surface area contributed by atoms with Gasteiger partial charge in [-0.2, -0.15) is 9.59 Å². The number of nitrogens with one attached hydrogen (secondary N) is 3. The molecule has 1 aromatic rings. The van der Waals surface area contributed by atoms with E-state index in [0.717, 1.165) is 13.8 Å². The third-order valence-corrected chi connectivity index (χ3v) is 21.5. The quantitative estimate of drug-likeness (QED) is 0.0251. The molecular weight excluding hydrogens is 1560 g/mol. The van der Waals surface area contributed by atoms with Crippen molar-refractivity contribution in [2.45, 2.75) is 305 Å². The van der Waals surface area contributed by atoms with Gasteiger partial charge in [0.25, 0.3) is 5.91 Å². The van der Waals surface area contributed by atoms with Crippen LogP contribution in [0.3, 0.4) is 0 Å². The van der Waals surface area contributed by atoms with Gasteiger partial charge in [-0.05, 0) is 19.4 Å². The molecule has 1 aromatic carbocycles. The Morgan fingerprint density at radius 2 is 0.835 bits per heavy atom. The smallest absolute Gasteiger partial charge is 0.373 e. The van der Waals surface area contributed by atoms with Crippen molar-refractivity contribution in [1.29, 1.82) is 0 Å². The summed E-state index contributed by atoms with van der Waals surface area (Å²) in [5.41, 5.74) is 0.671. The summed E-state index contributed by atoms with van der Waals surface area (Å²) in [5.74, 6) is -6.90. The number of hydrogen-bond donors (Lipinski definition) is 27. The van der Waals surface area contributed by atoms with E-state index in [1.807, 2.05) is 0 Å². The fraction of sp³-hybridized carbons (Fsp3) is 0.855. The molecule has 8 heterocycles. The molecule has 8 fully saturated rings. The number of carbonyl (C=O) groups is 3. The van der Waals surface area contributed by atoms with E-state index in [9.17, 15) is 137 Å². The molecule has 8 saturated heterocycles. The largest absolute Gasteiger partial charge is 0.394 e. The highest BCUT2D eigenvalue weighted by atomic mass is 16.8. The molecule has 8 aliphatic heterocycles. The monoisotopic (exact) mass is 1670 g/mol. The van der Waals surface area contributed by atoms with Crippen molar-refractivity contribution in [2.24, 2.45) is 11.8 Å². The zero-order valence-electron chi connectivity index (χ0n) is 63.3. The molecule has 0 bridgehead atoms. The summed E-state index contributed by atoms with van der Waals surface area (Å²) >= 11 is 0. The van der Waals surface area contributed by atoms with Crippen molar-refractivity contribution in [1.82, 2.24) is 16.0 Å². The highest BCUT2D eigenvalue weighted by Crippen LogP contribution is 2.42. The van der Waals surface area contributed by atoms with E-state index in [0.29, 0.717) is 5.56 Å². The van der Waals surface area contributed by atoms with Crippen LogP contribution in [0.4, 0.5) is 0 Å². The summed E-state index contributed by atoms with van der Waals surface area (Å²) < 4.78 is 82.0. The van der Waals surface area contributed by atoms with Crippen molar-refractivity contribution in [2.75, 3.05) is 52.9 Å². The third-order valence-electron chi connectivity index (χ3n) is 21.5. The maximum absolute atomic E-state index is 12.3. The average molecular weight is 1670 g/mol. The van der Waals surface area contributed by atoms with Crippen LogP contribution in [0, 0.1) is 11.8 Å². The van der Waals surface area contributed by atoms with Gasteiger partial charge in [-0.25, -0.2) is 0 Å². The van der Waals surface area contributed by atoms with Crippen molar-refractivity contribution >= 4 is 24.4 Å². The normalized spacial score (nSPS) is 44.7. The van der Waals surface area contributed by atoms with Gasteiger partial charge in [-0.1, -0.05) is 44.2 Å². The Bertz CT molecular complexity index is 3130. The average Bonchev–Trinajstić information content (AvgIpc) is 0.780. The summed E-state index contributed by atoms with van der Waals surface area (Å²) in [6, 6.07) is 5.80. The Morgan fingerprint density at radius 1 is 0.470 bits per heavy atom. The van der Waals surface area contributed by atoms with Gasteiger partial charge < -0.3 is 205 Å². The van der Waals surface area contributed by atoms with Crippen molar-refractivity contribution in [3.8, 4) is 0 Å². The standard InChI is InChI=1S/C37H59NO20.C31H54N2O21.CO2/c1-15-19(43)10-37(9-18-7-5-4-6-8-18,58-32(15)25(45)20(44)11-39)52-14-23-27(47)29(49)31(51)36(55-23)57-34-22(13-41)54-35(24(28(34)48)38-17(3)42)56-33-16(2)53-21(12-40)26(46)30(33)50;1-10-13(39)4-31(32-9-37,54-26(10)19(41)14(40)5-34)48-8-17-21(43)23(45)25(47)30(51-17)53-28-16(7-36)50-29(18(22(28)44)33-12(3)38)52-27-11(2)49-15(6-35)20(42)24(27)46;2-1-3/h4-8,15-16,19-36,39-41,43-51H,9-14H2,1-3H3,(H,38,42);9-11,13-30,34-36,39-47H,4-8H2,1-3H3,(H,32,37)(H,33,38);/t15-,16-,19-,20-,21?,22+,23?,24?,25-,26-,27+,28?,29+,30+,31?,32?,33?,34-,35+,36+,37+;10-,11-,13-,14-,15?,16+,17?,18?,19-,20-,21+,22?,23+,24+,25?,26?,27?,28-,29+,30+,31-;/m11./s1. The molecule has 46 nitrogen and oxygen atoms in total. The van der Waals surface area contributed by atoms with Gasteiger partial charge >= 0.3 is 6.15 Å². The predicted molar refractivity (Wildman–Crippen MR) is 368 cm³/mol. The minimum Gasteiger partial charge on any atom is -0.394 e. The van der Waals surface area contributed by atoms with Gasteiger partial charge in [0.15, 0.2) is 30.9 Å². The summed E-state index contributed by atoms with van der Waals surface area (Å²) in [7, 11) is 0. The third kappa shape index (κ3) is 23.4. The Hall–Kier alpha value is -4.51. The summed E-state index contributed by atoms with van der Waals surface area (Å²) in [4.78, 5) is 52.4. The molecule has 14 unspecified atom stereocenters. The number of hydrogen-bond acceptors (Lipinski definition) is 43. The first-order valence-electron chi connectivity index (χ1n) is 37.2. The van der Waals surface area contributed by atoms with Crippen LogP contribution in [-0.2, 0) is 96.7 Å². The molecule has 0 aliphatic carbocycles. The SMILES string of the molecule is CC(=O)NC1C(O)[C@H](O[C@@H]2OC(CO[C@]3(Cc4ccccc4)C[C@@H](O)[C@@H](C)C([C@H](O)[C@H](O)CO)O3)[C@H](O)[C@H](O)C2O)[C@H](CO)O[C@H]1OC1[C@@H](O)[C@H](O)C(CO)O[C@@H]1C.CC(=O)NC1C(O)[C@H](O[C@@H]2OC(CO[C@]3(NC=O)C[C@@H](O)[C@@H](C)C([C@H](O)[C@H](O)CO)O3)[C@H](O)[C@H](O)C2O)[C@H](CO)O[C@H]1OC1[C@@H](O)[C@H](O)C(CO)O[C@@H]1C.O=C=O. The molecule has 662 valence electrons. The van der Waals surface area contributed by atoms with Crippen molar-refractivity contribution in [3.63, 3.8) is 0 Å². The molecule has 9 rings (SSSR count). The van der Waals surface area contributed by atoms with Crippen LogP contribution < -0.4 is 16.0 Å². The number of amides is 3. The van der Waals surface area contributed by atoms with E-state index in [1.54, 1.807) is 37.3 Å². The molecule has 8 aliphatic rings. The van der Waals surface area contributed by atoms with E-state index in [2.05, 4.69) is 16.0 Å². The van der Waals surface area contributed by atoms with Gasteiger partial charge in [0.1, 0.15) is 171 Å². The maximum atomic E-state index is 12.3. The molecule has 115 heavy (non-hydrogen) atoms. The molecule has 0 spiro atoms. The number of ether oxygens (including phenoxy) is 14. The van der Waals surface area contributed by atoms with Crippen LogP contribution in [-0.4, -0.2) is 444 Å². The van der Waals surface area contributed by atoms with Gasteiger partial charge in [-0.3, -0.25) is 14.4 Å². The summed E-state index contributed by atoms with van der Waals surface area (Å²) in [6.07, 6.45) is -56.9. The molecular formula is C69H113N3O43. The number of aliphatic hydroxyl groups is 24. The van der Waals surface area contributed by atoms with Crippen molar-refractivity contribution in [3.05, 3.63) is 35.9 Å². The van der Waals surface area contributed by atoms with E-state index in [1.165, 1.54) is 20.8 Å². The van der Waals surface area contributed by atoms with Crippen LogP contribution in [0.5, 0.6) is 0 Å². The molecule has 3 amide bonds. The highest BCUT2D eigenvalue weighted by Gasteiger charge is 2.59. The van der Waals surface area contributed by atoms with Gasteiger partial charge in [0.2, 0.25) is 18.2 Å². The zero-order valence-corrected chi connectivity index (χ0v) is 63.3. The number of rotatable bonds is 30. The Kier molecular flexibility index (Phi) is 37.2. The van der Waals surface area contributed by atoms with Gasteiger partial charge in [0.05, 0.1) is 89.5 Å². The molecule has 42 atom stereocenters. The summed E-state index contributed by atoms with van der Waals surface area (Å²) in [6.45, 7) is 2.29. The van der Waals surface area contributed by atoms with E-state index >= 15 is 0 Å². The number of aliphatic hydroxyl groups excluding tert-OH is 24. The predicted octanol–water partition coefficient (Wildman–Crippen LogP) is -14.9. The lowest BCUT2D eigenvalue weighted by molar-refractivity contribution is -0.372. The van der Waals surface area contributed by atoms with Gasteiger partial charge in [0, 0.05) is 44.9 Å². The van der Waals surface area contributed by atoms with E-state index in [-0.39, 0.29) is 25.4 Å².